The first kappa shape index (κ1) is 40.3. The Bertz CT molecular complexity index is 3870. The molecule has 2 heterocycles. The van der Waals surface area contributed by atoms with E-state index in [0.29, 0.717) is 0 Å². The minimum Gasteiger partial charge on any atom is -0.456 e. The summed E-state index contributed by atoms with van der Waals surface area (Å²) in [6.07, 6.45) is 0. The van der Waals surface area contributed by atoms with Crippen LogP contribution in [0.1, 0.15) is 22.3 Å². The molecule has 328 valence electrons. The van der Waals surface area contributed by atoms with Crippen LogP contribution in [0.15, 0.2) is 277 Å². The highest BCUT2D eigenvalue weighted by Crippen LogP contribution is 2.57. The van der Waals surface area contributed by atoms with Crippen molar-refractivity contribution in [1.82, 2.24) is 0 Å². The second kappa shape index (κ2) is 15.9. The molecule has 1 aromatic heterocycles. The van der Waals surface area contributed by atoms with Gasteiger partial charge in [0, 0.05) is 27.8 Å². The number of anilines is 3. The van der Waals surface area contributed by atoms with Crippen molar-refractivity contribution in [2.75, 3.05) is 4.90 Å². The standard InChI is InChI=1S/C67H45NOSi/c1-4-20-48(21-5-1)67(49-22-6-2-7-23-49)61-31-14-10-27-55(61)56-41-39-52(45-62(56)67)68(51-40-42-64-60(44-51)57-28-11-15-32-63(57)69-64)50-37-35-46(36-38-50)47-19-18-26-54(43-47)70(53-24-8-3-9-25-53)65-33-16-12-29-58(65)59-30-13-17-34-66(59)70/h1-45H. The average molecular weight is 908 g/mol. The van der Waals surface area contributed by atoms with Crippen LogP contribution in [0.4, 0.5) is 17.1 Å². The number of fused-ring (bicyclic) bond motifs is 9. The molecule has 0 amide bonds. The molecule has 1 aliphatic carbocycles. The summed E-state index contributed by atoms with van der Waals surface area (Å²) in [6, 6.07) is 101. The third-order valence-electron chi connectivity index (χ3n) is 15.2. The maximum atomic E-state index is 6.39. The number of benzene rings is 11. The predicted octanol–water partition coefficient (Wildman–Crippen LogP) is 14.4. The van der Waals surface area contributed by atoms with E-state index in [1.54, 1.807) is 0 Å². The molecular formula is C67H45NOSi. The first-order valence-corrected chi connectivity index (χ1v) is 26.2. The Kier molecular flexibility index (Phi) is 9.17. The number of hydrogen-bond acceptors (Lipinski definition) is 2. The van der Waals surface area contributed by atoms with E-state index in [-0.39, 0.29) is 0 Å². The highest BCUT2D eigenvalue weighted by Gasteiger charge is 2.49. The van der Waals surface area contributed by atoms with E-state index in [4.69, 9.17) is 4.42 Å². The van der Waals surface area contributed by atoms with Gasteiger partial charge in [0.1, 0.15) is 11.2 Å². The van der Waals surface area contributed by atoms with Gasteiger partial charge in [0.15, 0.2) is 8.07 Å². The first-order valence-electron chi connectivity index (χ1n) is 24.2. The molecular weight excluding hydrogens is 863 g/mol. The summed E-state index contributed by atoms with van der Waals surface area (Å²) in [4.78, 5) is 2.43. The Balaban J connectivity index is 0.947. The van der Waals surface area contributed by atoms with Crippen molar-refractivity contribution in [3.8, 4) is 33.4 Å². The van der Waals surface area contributed by atoms with Crippen molar-refractivity contribution in [1.29, 1.82) is 0 Å². The van der Waals surface area contributed by atoms with Gasteiger partial charge in [-0.15, -0.1) is 0 Å². The van der Waals surface area contributed by atoms with Crippen molar-refractivity contribution in [2.45, 2.75) is 5.41 Å². The minimum absolute atomic E-state index is 0.531. The number of para-hydroxylation sites is 1. The second-order valence-corrected chi connectivity index (χ2v) is 22.4. The smallest absolute Gasteiger partial charge is 0.180 e. The molecule has 0 fully saturated rings. The summed E-state index contributed by atoms with van der Waals surface area (Å²) in [6.45, 7) is 0. The van der Waals surface area contributed by atoms with Crippen molar-refractivity contribution in [3.63, 3.8) is 0 Å². The molecule has 1 aliphatic heterocycles. The van der Waals surface area contributed by atoms with E-state index in [0.717, 1.165) is 39.0 Å². The van der Waals surface area contributed by atoms with Crippen LogP contribution in [0.3, 0.4) is 0 Å². The van der Waals surface area contributed by atoms with Crippen molar-refractivity contribution in [2.24, 2.45) is 0 Å². The number of hydrogen-bond donors (Lipinski definition) is 0. The average Bonchev–Trinajstić information content (AvgIpc) is 4.07. The Morgan fingerprint density at radius 1 is 0.314 bits per heavy atom. The van der Waals surface area contributed by atoms with Gasteiger partial charge in [-0.25, -0.2) is 0 Å². The molecule has 0 bridgehead atoms. The molecule has 70 heavy (non-hydrogen) atoms. The van der Waals surface area contributed by atoms with Gasteiger partial charge in [0.2, 0.25) is 0 Å². The van der Waals surface area contributed by atoms with Crippen LogP contribution in [-0.4, -0.2) is 8.07 Å². The van der Waals surface area contributed by atoms with Crippen LogP contribution in [0.5, 0.6) is 0 Å². The lowest BCUT2D eigenvalue weighted by molar-refractivity contribution is 0.669. The van der Waals surface area contributed by atoms with Crippen molar-refractivity contribution >= 4 is 67.8 Å². The Hall–Kier alpha value is -8.76. The molecule has 0 N–H and O–H groups in total. The van der Waals surface area contributed by atoms with Crippen LogP contribution in [0, 0.1) is 0 Å². The number of rotatable bonds is 8. The summed E-state index contributed by atoms with van der Waals surface area (Å²) in [5.74, 6) is 0. The molecule has 0 radical (unpaired) electrons. The molecule has 2 aliphatic rings. The van der Waals surface area contributed by atoms with E-state index in [2.05, 4.69) is 272 Å². The minimum atomic E-state index is -2.65. The van der Waals surface area contributed by atoms with Crippen LogP contribution in [-0.2, 0) is 5.41 Å². The third kappa shape index (κ3) is 5.86. The lowest BCUT2D eigenvalue weighted by Gasteiger charge is -2.35. The van der Waals surface area contributed by atoms with Gasteiger partial charge in [-0.2, -0.15) is 0 Å². The van der Waals surface area contributed by atoms with E-state index in [1.807, 2.05) is 6.07 Å². The van der Waals surface area contributed by atoms with Gasteiger partial charge in [0.25, 0.3) is 0 Å². The van der Waals surface area contributed by atoms with E-state index >= 15 is 0 Å². The van der Waals surface area contributed by atoms with E-state index in [9.17, 15) is 0 Å². The molecule has 12 aromatic rings. The molecule has 2 nitrogen and oxygen atoms in total. The van der Waals surface area contributed by atoms with E-state index in [1.165, 1.54) is 76.4 Å². The summed E-state index contributed by atoms with van der Waals surface area (Å²) >= 11 is 0. The molecule has 3 heteroatoms. The number of furan rings is 1. The van der Waals surface area contributed by atoms with Crippen LogP contribution < -0.4 is 25.6 Å². The van der Waals surface area contributed by atoms with Crippen molar-refractivity contribution in [3.05, 3.63) is 295 Å². The van der Waals surface area contributed by atoms with Gasteiger partial charge in [-0.3, -0.25) is 0 Å². The predicted molar refractivity (Wildman–Crippen MR) is 294 cm³/mol. The SMILES string of the molecule is c1ccc(C2(c3ccccc3)c3ccccc3-c3ccc(N(c4ccc(-c5cccc([Si]6(c7ccccc7)c7ccccc7-c7ccccc76)c5)cc4)c4ccc5oc6ccccc6c5c4)cc32)cc1. The zero-order valence-corrected chi connectivity index (χ0v) is 39.3. The van der Waals surface area contributed by atoms with Crippen molar-refractivity contribution < 1.29 is 4.42 Å². The fraction of sp³-hybridized carbons (Fsp3) is 0.0149. The molecule has 0 atom stereocenters. The number of nitrogens with zero attached hydrogens (tertiary/aromatic N) is 1. The normalized spacial score (nSPS) is 13.7. The Labute approximate surface area is 409 Å². The lowest BCUT2D eigenvalue weighted by Crippen LogP contribution is -2.72. The maximum absolute atomic E-state index is 6.39. The molecule has 0 saturated heterocycles. The first-order chi connectivity index (χ1) is 34.7. The molecule has 0 spiro atoms. The van der Waals surface area contributed by atoms with Gasteiger partial charge in [-0.05, 0) is 125 Å². The van der Waals surface area contributed by atoms with Gasteiger partial charge in [0.05, 0.1) is 5.41 Å². The Morgan fingerprint density at radius 3 is 1.56 bits per heavy atom. The summed E-state index contributed by atoms with van der Waals surface area (Å²) in [5.41, 5.74) is 17.1. The maximum Gasteiger partial charge on any atom is 0.180 e. The van der Waals surface area contributed by atoms with Crippen LogP contribution in [0.2, 0.25) is 0 Å². The molecule has 11 aromatic carbocycles. The highest BCUT2D eigenvalue weighted by molar-refractivity contribution is 7.22. The highest BCUT2D eigenvalue weighted by atomic mass is 28.3. The quantitative estimate of drug-likeness (QED) is 0.141. The zero-order chi connectivity index (χ0) is 46.2. The topological polar surface area (TPSA) is 16.4 Å². The zero-order valence-electron chi connectivity index (χ0n) is 38.3. The fourth-order valence-electron chi connectivity index (χ4n) is 12.3. The fourth-order valence-corrected chi connectivity index (χ4v) is 17.5. The Morgan fingerprint density at radius 2 is 0.843 bits per heavy atom. The lowest BCUT2D eigenvalue weighted by atomic mass is 9.67. The molecule has 0 unspecified atom stereocenters. The van der Waals surface area contributed by atoms with Gasteiger partial charge < -0.3 is 9.32 Å². The van der Waals surface area contributed by atoms with E-state index < -0.39 is 13.5 Å². The summed E-state index contributed by atoms with van der Waals surface area (Å²) < 4.78 is 6.39. The van der Waals surface area contributed by atoms with Crippen LogP contribution >= 0.6 is 0 Å². The third-order valence-corrected chi connectivity index (χ3v) is 20.1. The van der Waals surface area contributed by atoms with Gasteiger partial charge in [-0.1, -0.05) is 224 Å². The summed E-state index contributed by atoms with van der Waals surface area (Å²) in [7, 11) is -2.65. The van der Waals surface area contributed by atoms with Gasteiger partial charge >= 0.3 is 0 Å². The second-order valence-electron chi connectivity index (χ2n) is 18.7. The largest absolute Gasteiger partial charge is 0.456 e. The molecule has 0 saturated carbocycles. The monoisotopic (exact) mass is 907 g/mol. The summed E-state index contributed by atoms with van der Waals surface area (Å²) in [5, 5.41) is 7.89. The van der Waals surface area contributed by atoms with Crippen LogP contribution in [0.25, 0.3) is 55.3 Å². The molecule has 14 rings (SSSR count).